The average molecular weight is 509 g/mol. The Hall–Kier alpha value is -3.64. The van der Waals surface area contributed by atoms with E-state index in [9.17, 15) is 9.59 Å². The third-order valence-corrected chi connectivity index (χ3v) is 6.44. The van der Waals surface area contributed by atoms with Crippen LogP contribution < -0.4 is 10.6 Å². The number of anilines is 2. The van der Waals surface area contributed by atoms with Crippen molar-refractivity contribution >= 4 is 44.8 Å². The molecular weight excluding hydrogens is 484 g/mol. The van der Waals surface area contributed by atoms with Crippen molar-refractivity contribution in [2.24, 2.45) is 5.92 Å². The van der Waals surface area contributed by atoms with Gasteiger partial charge in [0.05, 0.1) is 12.8 Å². The number of aryl methyl sites for hydroxylation is 1. The number of rotatable bonds is 8. The molecular formula is C23H24N8O2S2. The van der Waals surface area contributed by atoms with Gasteiger partial charge in [0.2, 0.25) is 22.1 Å². The second kappa shape index (κ2) is 12.2. The largest absolute Gasteiger partial charge is 0.300 e. The number of aromatic nitrogens is 6. The first-order valence-electron chi connectivity index (χ1n) is 11.0. The highest BCUT2D eigenvalue weighted by Gasteiger charge is 2.23. The molecule has 0 saturated heterocycles. The van der Waals surface area contributed by atoms with Crippen molar-refractivity contribution in [3.63, 3.8) is 0 Å². The minimum absolute atomic E-state index is 0.0814. The van der Waals surface area contributed by atoms with E-state index < -0.39 is 0 Å². The maximum absolute atomic E-state index is 11.8. The van der Waals surface area contributed by atoms with Crippen LogP contribution in [0.15, 0.2) is 49.1 Å². The number of hydrogen-bond donors (Lipinski definition) is 2. The molecule has 1 aliphatic rings. The Labute approximate surface area is 210 Å². The lowest BCUT2D eigenvalue weighted by atomic mass is 10.2. The smallest absolute Gasteiger partial charge is 0.230 e. The van der Waals surface area contributed by atoms with Crippen LogP contribution in [0.3, 0.4) is 0 Å². The minimum atomic E-state index is -0.107. The van der Waals surface area contributed by atoms with Gasteiger partial charge in [-0.25, -0.2) is 0 Å². The number of carbonyl (C=O) groups is 2. The molecule has 0 spiro atoms. The predicted molar refractivity (Wildman–Crippen MR) is 134 cm³/mol. The summed E-state index contributed by atoms with van der Waals surface area (Å²) in [5.41, 5.74) is 1.77. The molecule has 1 aliphatic carbocycles. The van der Waals surface area contributed by atoms with Crippen LogP contribution in [0.25, 0.3) is 0 Å². The number of amides is 2. The number of hydrogen-bond acceptors (Lipinski definition) is 10. The van der Waals surface area contributed by atoms with Crippen molar-refractivity contribution in [2.45, 2.75) is 39.0 Å². The van der Waals surface area contributed by atoms with Gasteiger partial charge in [0.1, 0.15) is 10.0 Å². The summed E-state index contributed by atoms with van der Waals surface area (Å²) in [5.74, 6) is 0.596. The summed E-state index contributed by atoms with van der Waals surface area (Å²) in [6, 6.07) is 7.36. The van der Waals surface area contributed by atoms with E-state index in [1.807, 2.05) is 25.1 Å². The molecule has 0 atom stereocenters. The molecule has 0 bridgehead atoms. The quantitative estimate of drug-likeness (QED) is 0.369. The lowest BCUT2D eigenvalue weighted by Crippen LogP contribution is -2.14. The van der Waals surface area contributed by atoms with Crippen molar-refractivity contribution < 1.29 is 9.59 Å². The van der Waals surface area contributed by atoms with Crippen molar-refractivity contribution in [2.75, 3.05) is 10.6 Å². The highest BCUT2D eigenvalue weighted by Crippen LogP contribution is 2.33. The lowest BCUT2D eigenvalue weighted by Gasteiger charge is -2.00. The fraction of sp³-hybridized carbons (Fsp3) is 0.304. The average Bonchev–Trinajstić information content (AvgIpc) is 3.40. The normalized spacial score (nSPS) is 12.4. The van der Waals surface area contributed by atoms with Crippen LogP contribution in [-0.2, 0) is 28.9 Å². The third kappa shape index (κ3) is 8.58. The molecule has 10 nitrogen and oxygen atoms in total. The summed E-state index contributed by atoms with van der Waals surface area (Å²) in [5, 5.41) is 24.2. The van der Waals surface area contributed by atoms with Crippen LogP contribution in [0.2, 0.25) is 0 Å². The van der Waals surface area contributed by atoms with Gasteiger partial charge in [-0.1, -0.05) is 34.8 Å². The van der Waals surface area contributed by atoms with Crippen LogP contribution >= 0.6 is 22.7 Å². The predicted octanol–water partition coefficient (Wildman–Crippen LogP) is 3.49. The third-order valence-electron chi connectivity index (χ3n) is 4.82. The van der Waals surface area contributed by atoms with Crippen LogP contribution in [0.4, 0.5) is 10.3 Å². The maximum Gasteiger partial charge on any atom is 0.230 e. The summed E-state index contributed by atoms with van der Waals surface area (Å²) in [4.78, 5) is 31.3. The van der Waals surface area contributed by atoms with Crippen molar-refractivity contribution in [3.8, 4) is 0 Å². The second-order valence-corrected chi connectivity index (χ2v) is 10.2. The Morgan fingerprint density at radius 1 is 0.857 bits per heavy atom. The zero-order valence-corrected chi connectivity index (χ0v) is 20.7. The molecule has 0 radical (unpaired) electrons. The summed E-state index contributed by atoms with van der Waals surface area (Å²) < 4.78 is 0. The molecule has 1 saturated carbocycles. The first-order chi connectivity index (χ1) is 17.0. The van der Waals surface area contributed by atoms with E-state index in [-0.39, 0.29) is 11.8 Å². The zero-order chi connectivity index (χ0) is 24.5. The summed E-state index contributed by atoms with van der Waals surface area (Å²) >= 11 is 2.83. The summed E-state index contributed by atoms with van der Waals surface area (Å²) in [6.07, 6.45) is 10.9. The monoisotopic (exact) mass is 508 g/mol. The van der Waals surface area contributed by atoms with Gasteiger partial charge in [-0.2, -0.15) is 0 Å². The van der Waals surface area contributed by atoms with E-state index >= 15 is 0 Å². The number of nitrogens with zero attached hydrogens (tertiary/aromatic N) is 6. The van der Waals surface area contributed by atoms with E-state index in [1.165, 1.54) is 35.5 Å². The molecule has 2 amide bonds. The van der Waals surface area contributed by atoms with E-state index in [0.29, 0.717) is 23.1 Å². The molecule has 4 aromatic rings. The van der Waals surface area contributed by atoms with Gasteiger partial charge in [0.15, 0.2) is 0 Å². The Morgan fingerprint density at radius 2 is 1.43 bits per heavy atom. The standard InChI is InChI=1S/C13H14N4OS.C10H10N4OS/c18-11(6-10-2-1-5-14-8-10)15-13-17-16-12(19-13)7-9-3-4-9;1-7-13-14-10(16-7)12-9(15)5-8-3-2-4-11-6-8/h1-2,5,8-9H,3-4,6-7H2,(H,15,17,18);2-4,6H,5H2,1H3,(H,12,14,15). The van der Waals surface area contributed by atoms with Gasteiger partial charge in [-0.3, -0.25) is 19.6 Å². The highest BCUT2D eigenvalue weighted by molar-refractivity contribution is 7.15. The van der Waals surface area contributed by atoms with Crippen LogP contribution in [0, 0.1) is 12.8 Å². The summed E-state index contributed by atoms with van der Waals surface area (Å²) in [7, 11) is 0. The van der Waals surface area contributed by atoms with Gasteiger partial charge in [0.25, 0.3) is 0 Å². The number of carbonyl (C=O) groups excluding carboxylic acids is 2. The van der Waals surface area contributed by atoms with Gasteiger partial charge in [-0.15, -0.1) is 20.4 Å². The van der Waals surface area contributed by atoms with Gasteiger partial charge < -0.3 is 10.6 Å². The molecule has 1 fully saturated rings. The van der Waals surface area contributed by atoms with Gasteiger partial charge in [0, 0.05) is 31.2 Å². The Morgan fingerprint density at radius 3 is 1.91 bits per heavy atom. The highest BCUT2D eigenvalue weighted by atomic mass is 32.1. The molecule has 180 valence electrons. The zero-order valence-electron chi connectivity index (χ0n) is 19.0. The Kier molecular flexibility index (Phi) is 8.52. The molecule has 0 aromatic carbocycles. The molecule has 35 heavy (non-hydrogen) atoms. The molecule has 5 rings (SSSR count). The molecule has 4 heterocycles. The Bertz CT molecular complexity index is 1240. The van der Waals surface area contributed by atoms with Crippen LogP contribution in [0.1, 0.15) is 34.0 Å². The number of pyridine rings is 2. The van der Waals surface area contributed by atoms with E-state index in [0.717, 1.165) is 33.5 Å². The molecule has 4 aromatic heterocycles. The first kappa shape index (κ1) is 24.5. The van der Waals surface area contributed by atoms with Crippen molar-refractivity contribution in [1.29, 1.82) is 0 Å². The van der Waals surface area contributed by atoms with E-state index in [4.69, 9.17) is 0 Å². The van der Waals surface area contributed by atoms with Crippen molar-refractivity contribution in [3.05, 3.63) is 70.2 Å². The van der Waals surface area contributed by atoms with E-state index in [1.54, 1.807) is 30.9 Å². The molecule has 12 heteroatoms. The number of nitrogens with one attached hydrogen (secondary N) is 2. The van der Waals surface area contributed by atoms with Gasteiger partial charge in [-0.05, 0) is 48.9 Å². The molecule has 0 unspecified atom stereocenters. The minimum Gasteiger partial charge on any atom is -0.300 e. The maximum atomic E-state index is 11.8. The van der Waals surface area contributed by atoms with E-state index in [2.05, 4.69) is 41.0 Å². The van der Waals surface area contributed by atoms with Crippen LogP contribution in [0.5, 0.6) is 0 Å². The second-order valence-electron chi connectivity index (χ2n) is 7.95. The fourth-order valence-electron chi connectivity index (χ4n) is 3.01. The first-order valence-corrected chi connectivity index (χ1v) is 12.7. The topological polar surface area (TPSA) is 136 Å². The van der Waals surface area contributed by atoms with Gasteiger partial charge >= 0.3 is 0 Å². The Balaban J connectivity index is 0.000000168. The van der Waals surface area contributed by atoms with Crippen molar-refractivity contribution in [1.82, 2.24) is 30.4 Å². The SMILES string of the molecule is Cc1nnc(NC(=O)Cc2cccnc2)s1.O=C(Cc1cccnc1)Nc1nnc(CC2CC2)s1. The lowest BCUT2D eigenvalue weighted by molar-refractivity contribution is -0.116. The fourth-order valence-corrected chi connectivity index (χ4v) is 4.48. The summed E-state index contributed by atoms with van der Waals surface area (Å²) in [6.45, 7) is 1.84. The molecule has 0 aliphatic heterocycles. The van der Waals surface area contributed by atoms with Crippen LogP contribution in [-0.4, -0.2) is 42.2 Å². The molecule has 2 N–H and O–H groups in total.